The lowest BCUT2D eigenvalue weighted by molar-refractivity contribution is -0.139. The van der Waals surface area contributed by atoms with Gasteiger partial charge in [-0.3, -0.25) is 13.9 Å². The zero-order valence-electron chi connectivity index (χ0n) is 18.5. The molecule has 1 N–H and O–H groups in total. The molecule has 0 aliphatic rings. The summed E-state index contributed by atoms with van der Waals surface area (Å²) in [7, 11) is -3.76. The number of hydrogen-bond donors (Lipinski definition) is 1. The van der Waals surface area contributed by atoms with Crippen LogP contribution in [0.5, 0.6) is 0 Å². The van der Waals surface area contributed by atoms with Crippen molar-refractivity contribution in [3.05, 3.63) is 61.6 Å². The molecule has 180 valence electrons. The topological polar surface area (TPSA) is 86.8 Å². The summed E-state index contributed by atoms with van der Waals surface area (Å²) >= 11 is 14.2. The summed E-state index contributed by atoms with van der Waals surface area (Å²) in [6, 6.07) is 10.9. The van der Waals surface area contributed by atoms with Gasteiger partial charge in [0, 0.05) is 16.7 Å². The molecule has 0 saturated heterocycles. The standard InChI is InChI=1S/C22H26Cl2IN3O4S/c1-4-11-26-22(30)15(2)27(13-16-5-10-19(23)20(24)12-16)21(29)14-28(33(3,31)32)18-8-6-17(25)7-9-18/h5-10,12,15H,4,11,13-14H2,1-3H3,(H,26,30)/t15-/m0/s1. The van der Waals surface area contributed by atoms with Crippen molar-refractivity contribution >= 4 is 73.3 Å². The van der Waals surface area contributed by atoms with Crippen molar-refractivity contribution in [2.24, 2.45) is 0 Å². The third-order valence-corrected chi connectivity index (χ3v) is 7.45. The third kappa shape index (κ3) is 8.01. The minimum absolute atomic E-state index is 0.0563. The van der Waals surface area contributed by atoms with Crippen molar-refractivity contribution < 1.29 is 18.0 Å². The van der Waals surface area contributed by atoms with Crippen LogP contribution in [0.3, 0.4) is 0 Å². The summed E-state index contributed by atoms with van der Waals surface area (Å²) in [5.74, 6) is -0.852. The molecule has 2 amide bonds. The maximum Gasteiger partial charge on any atom is 0.244 e. The van der Waals surface area contributed by atoms with Crippen molar-refractivity contribution in [2.75, 3.05) is 23.7 Å². The third-order valence-electron chi connectivity index (χ3n) is 4.85. The molecule has 0 radical (unpaired) electrons. The van der Waals surface area contributed by atoms with Gasteiger partial charge in [-0.1, -0.05) is 36.2 Å². The monoisotopic (exact) mass is 625 g/mol. The molecule has 33 heavy (non-hydrogen) atoms. The molecular formula is C22H26Cl2IN3O4S. The Kier molecular flexibility index (Phi) is 10.3. The zero-order valence-corrected chi connectivity index (χ0v) is 23.0. The highest BCUT2D eigenvalue weighted by atomic mass is 127. The summed E-state index contributed by atoms with van der Waals surface area (Å²) in [5, 5.41) is 3.47. The van der Waals surface area contributed by atoms with E-state index in [0.717, 1.165) is 20.6 Å². The number of carbonyl (C=O) groups is 2. The van der Waals surface area contributed by atoms with E-state index in [1.54, 1.807) is 49.4 Å². The van der Waals surface area contributed by atoms with E-state index in [1.165, 1.54) is 4.90 Å². The number of hydrogen-bond acceptors (Lipinski definition) is 4. The number of sulfonamides is 1. The molecule has 0 aromatic heterocycles. The van der Waals surface area contributed by atoms with E-state index in [1.807, 2.05) is 6.92 Å². The molecule has 2 aromatic carbocycles. The lowest BCUT2D eigenvalue weighted by Gasteiger charge is -2.31. The van der Waals surface area contributed by atoms with Gasteiger partial charge in [0.25, 0.3) is 0 Å². The van der Waals surface area contributed by atoms with Crippen molar-refractivity contribution in [3.63, 3.8) is 0 Å². The molecule has 7 nitrogen and oxygen atoms in total. The number of benzene rings is 2. The van der Waals surface area contributed by atoms with Gasteiger partial charge in [0.1, 0.15) is 12.6 Å². The number of rotatable bonds is 10. The van der Waals surface area contributed by atoms with E-state index in [2.05, 4.69) is 27.9 Å². The van der Waals surface area contributed by atoms with Crippen LogP contribution >= 0.6 is 45.8 Å². The fourth-order valence-corrected chi connectivity index (χ4v) is 4.56. The maximum atomic E-state index is 13.4. The molecule has 0 saturated carbocycles. The number of carbonyl (C=O) groups excluding carboxylic acids is 2. The molecule has 0 unspecified atom stereocenters. The van der Waals surface area contributed by atoms with Crippen molar-refractivity contribution in [1.82, 2.24) is 10.2 Å². The Bertz CT molecular complexity index is 1100. The van der Waals surface area contributed by atoms with Crippen molar-refractivity contribution in [1.29, 1.82) is 0 Å². The quantitative estimate of drug-likeness (QED) is 0.399. The Hall–Kier alpha value is -1.56. The van der Waals surface area contributed by atoms with Crippen LogP contribution < -0.4 is 9.62 Å². The van der Waals surface area contributed by atoms with Crippen LogP contribution in [-0.4, -0.2) is 50.5 Å². The van der Waals surface area contributed by atoms with Gasteiger partial charge < -0.3 is 10.2 Å². The normalized spacial score (nSPS) is 12.2. The van der Waals surface area contributed by atoms with Gasteiger partial charge in [-0.15, -0.1) is 0 Å². The number of halogens is 3. The van der Waals surface area contributed by atoms with E-state index >= 15 is 0 Å². The van der Waals surface area contributed by atoms with Gasteiger partial charge >= 0.3 is 0 Å². The minimum Gasteiger partial charge on any atom is -0.354 e. The Morgan fingerprint density at radius 2 is 1.73 bits per heavy atom. The fourth-order valence-electron chi connectivity index (χ4n) is 3.03. The first kappa shape index (κ1) is 27.7. The Labute approximate surface area is 218 Å². The zero-order chi connectivity index (χ0) is 24.8. The SMILES string of the molecule is CCCNC(=O)[C@H](C)N(Cc1ccc(Cl)c(Cl)c1)C(=O)CN(c1ccc(I)cc1)S(C)(=O)=O. The summed E-state index contributed by atoms with van der Waals surface area (Å²) < 4.78 is 27.0. The van der Waals surface area contributed by atoms with Gasteiger partial charge in [-0.25, -0.2) is 8.42 Å². The average molecular weight is 626 g/mol. The highest BCUT2D eigenvalue weighted by molar-refractivity contribution is 14.1. The second kappa shape index (κ2) is 12.2. The first-order chi connectivity index (χ1) is 15.4. The van der Waals surface area contributed by atoms with Gasteiger partial charge in [-0.05, 0) is 77.9 Å². The van der Waals surface area contributed by atoms with Gasteiger partial charge in [0.15, 0.2) is 0 Å². The smallest absolute Gasteiger partial charge is 0.244 e. The van der Waals surface area contributed by atoms with Crippen LogP contribution in [0.1, 0.15) is 25.8 Å². The molecule has 2 rings (SSSR count). The molecular weight excluding hydrogens is 600 g/mol. The molecule has 0 spiro atoms. The van der Waals surface area contributed by atoms with E-state index in [-0.39, 0.29) is 12.5 Å². The minimum atomic E-state index is -3.76. The lowest BCUT2D eigenvalue weighted by atomic mass is 10.1. The average Bonchev–Trinajstić information content (AvgIpc) is 2.75. The largest absolute Gasteiger partial charge is 0.354 e. The summed E-state index contributed by atoms with van der Waals surface area (Å²) in [6.07, 6.45) is 1.78. The lowest BCUT2D eigenvalue weighted by Crippen LogP contribution is -2.51. The Morgan fingerprint density at radius 1 is 1.09 bits per heavy atom. The second-order valence-corrected chi connectivity index (χ2v) is 11.4. The molecule has 0 aliphatic carbocycles. The number of nitrogens with one attached hydrogen (secondary N) is 1. The number of anilines is 1. The molecule has 0 bridgehead atoms. The van der Waals surface area contributed by atoms with Gasteiger partial charge in [0.05, 0.1) is 22.0 Å². The first-order valence-electron chi connectivity index (χ1n) is 10.2. The van der Waals surface area contributed by atoms with Crippen LogP contribution in [0.25, 0.3) is 0 Å². The molecule has 1 atom stereocenters. The fraction of sp³-hybridized carbons (Fsp3) is 0.364. The van der Waals surface area contributed by atoms with Crippen LogP contribution in [0.15, 0.2) is 42.5 Å². The van der Waals surface area contributed by atoms with Crippen molar-refractivity contribution in [3.8, 4) is 0 Å². The molecule has 11 heteroatoms. The highest BCUT2D eigenvalue weighted by Gasteiger charge is 2.30. The maximum absolute atomic E-state index is 13.4. The molecule has 0 fully saturated rings. The summed E-state index contributed by atoms with van der Waals surface area (Å²) in [6.45, 7) is 3.60. The van der Waals surface area contributed by atoms with Crippen LogP contribution in [0.4, 0.5) is 5.69 Å². The predicted molar refractivity (Wildman–Crippen MR) is 141 cm³/mol. The molecule has 0 aliphatic heterocycles. The van der Waals surface area contributed by atoms with Crippen LogP contribution in [0, 0.1) is 3.57 Å². The second-order valence-electron chi connectivity index (χ2n) is 7.48. The van der Waals surface area contributed by atoms with Crippen molar-refractivity contribution in [2.45, 2.75) is 32.9 Å². The van der Waals surface area contributed by atoms with Gasteiger partial charge in [0.2, 0.25) is 21.8 Å². The predicted octanol–water partition coefficient (Wildman–Crippen LogP) is 4.31. The number of amides is 2. The highest BCUT2D eigenvalue weighted by Crippen LogP contribution is 2.24. The molecule has 2 aromatic rings. The van der Waals surface area contributed by atoms with E-state index in [4.69, 9.17) is 23.2 Å². The van der Waals surface area contributed by atoms with Crippen LogP contribution in [0.2, 0.25) is 10.0 Å². The van der Waals surface area contributed by atoms with Gasteiger partial charge in [-0.2, -0.15) is 0 Å². The van der Waals surface area contributed by atoms with E-state index in [9.17, 15) is 18.0 Å². The van der Waals surface area contributed by atoms with E-state index < -0.39 is 28.5 Å². The Balaban J connectivity index is 2.38. The number of nitrogens with zero attached hydrogens (tertiary/aromatic N) is 2. The van der Waals surface area contributed by atoms with E-state index in [0.29, 0.717) is 27.8 Å². The molecule has 0 heterocycles. The Morgan fingerprint density at radius 3 is 2.27 bits per heavy atom. The first-order valence-corrected chi connectivity index (χ1v) is 13.9. The summed E-state index contributed by atoms with van der Waals surface area (Å²) in [4.78, 5) is 27.4. The van der Waals surface area contributed by atoms with Crippen LogP contribution in [-0.2, 0) is 26.2 Å². The summed E-state index contributed by atoms with van der Waals surface area (Å²) in [5.41, 5.74) is 1.02.